The number of hydrogen-bond donors (Lipinski definition) is 0. The Hall–Kier alpha value is -1.42. The van der Waals surface area contributed by atoms with Gasteiger partial charge in [0, 0.05) is 17.5 Å². The summed E-state index contributed by atoms with van der Waals surface area (Å²) < 4.78 is 26.3. The van der Waals surface area contributed by atoms with Gasteiger partial charge >= 0.3 is 0 Å². The van der Waals surface area contributed by atoms with Crippen molar-refractivity contribution >= 4 is 11.8 Å². The predicted molar refractivity (Wildman–Crippen MR) is 64.9 cm³/mol. The Morgan fingerprint density at radius 3 is 2.71 bits per heavy atom. The first-order valence-electron chi connectivity index (χ1n) is 5.14. The highest BCUT2D eigenvalue weighted by Gasteiger charge is 2.05. The van der Waals surface area contributed by atoms with Gasteiger partial charge in [0.15, 0.2) is 0 Å². The smallest absolute Gasteiger partial charge is 0.127 e. The van der Waals surface area contributed by atoms with Crippen molar-refractivity contribution in [2.24, 2.45) is 0 Å². The van der Waals surface area contributed by atoms with Gasteiger partial charge in [-0.3, -0.25) is 0 Å². The van der Waals surface area contributed by atoms with E-state index in [2.05, 4.69) is 4.98 Å². The molecule has 0 unspecified atom stereocenters. The molecule has 0 radical (unpaired) electrons. The molecule has 2 rings (SSSR count). The molecule has 0 aliphatic heterocycles. The van der Waals surface area contributed by atoms with Crippen LogP contribution in [0, 0.1) is 18.6 Å². The van der Waals surface area contributed by atoms with E-state index in [0.717, 1.165) is 22.7 Å². The van der Waals surface area contributed by atoms with E-state index >= 15 is 0 Å². The van der Waals surface area contributed by atoms with Gasteiger partial charge in [0.25, 0.3) is 0 Å². The Labute approximate surface area is 103 Å². The first-order chi connectivity index (χ1) is 8.15. The summed E-state index contributed by atoms with van der Waals surface area (Å²) in [5.74, 6) is -0.426. The van der Waals surface area contributed by atoms with Crippen LogP contribution < -0.4 is 0 Å². The van der Waals surface area contributed by atoms with Gasteiger partial charge in [-0.15, -0.1) is 11.8 Å². The van der Waals surface area contributed by atoms with E-state index in [-0.39, 0.29) is 5.82 Å². The number of thioether (sulfide) groups is 1. The first-order valence-corrected chi connectivity index (χ1v) is 6.13. The van der Waals surface area contributed by atoms with Gasteiger partial charge in [0.1, 0.15) is 11.6 Å². The Morgan fingerprint density at radius 2 is 2.00 bits per heavy atom. The fraction of sp³-hybridized carbons (Fsp3) is 0.154. The van der Waals surface area contributed by atoms with Gasteiger partial charge in [-0.25, -0.2) is 13.8 Å². The van der Waals surface area contributed by atoms with Crippen molar-refractivity contribution < 1.29 is 8.78 Å². The number of aromatic nitrogens is 1. The van der Waals surface area contributed by atoms with Crippen molar-refractivity contribution in [3.8, 4) is 0 Å². The molecule has 0 aliphatic rings. The number of nitrogens with zero attached hydrogens (tertiary/aromatic N) is 1. The molecule has 0 saturated heterocycles. The summed E-state index contributed by atoms with van der Waals surface area (Å²) in [5, 5.41) is 0.805. The number of hydrogen-bond acceptors (Lipinski definition) is 2. The second-order valence-electron chi connectivity index (χ2n) is 3.70. The lowest BCUT2D eigenvalue weighted by Crippen LogP contribution is -1.90. The van der Waals surface area contributed by atoms with E-state index in [1.165, 1.54) is 17.8 Å². The largest absolute Gasteiger partial charge is 0.250 e. The number of rotatable bonds is 3. The van der Waals surface area contributed by atoms with Gasteiger partial charge in [-0.05, 0) is 36.8 Å². The summed E-state index contributed by atoms with van der Waals surface area (Å²) in [6, 6.07) is 7.30. The van der Waals surface area contributed by atoms with Gasteiger partial charge in [-0.2, -0.15) is 0 Å². The molecule has 0 amide bonds. The molecule has 88 valence electrons. The lowest BCUT2D eigenvalue weighted by atomic mass is 10.2. The van der Waals surface area contributed by atoms with Crippen LogP contribution in [-0.4, -0.2) is 4.98 Å². The highest BCUT2D eigenvalue weighted by Crippen LogP contribution is 2.22. The van der Waals surface area contributed by atoms with Crippen LogP contribution in [0.3, 0.4) is 0 Å². The van der Waals surface area contributed by atoms with Gasteiger partial charge in [0.2, 0.25) is 0 Å². The van der Waals surface area contributed by atoms with Crippen LogP contribution in [0.4, 0.5) is 8.78 Å². The van der Waals surface area contributed by atoms with Crippen LogP contribution in [0.15, 0.2) is 41.6 Å². The van der Waals surface area contributed by atoms with E-state index in [9.17, 15) is 8.78 Å². The molecule has 1 aromatic carbocycles. The first kappa shape index (κ1) is 12.0. The minimum atomic E-state index is -0.418. The zero-order valence-electron chi connectivity index (χ0n) is 9.28. The maximum atomic E-state index is 13.3. The molecule has 17 heavy (non-hydrogen) atoms. The molecule has 0 spiro atoms. The van der Waals surface area contributed by atoms with E-state index in [1.807, 2.05) is 19.1 Å². The average molecular weight is 251 g/mol. The fourth-order valence-corrected chi connectivity index (χ4v) is 2.16. The van der Waals surface area contributed by atoms with E-state index in [0.29, 0.717) is 11.3 Å². The quantitative estimate of drug-likeness (QED) is 0.766. The SMILES string of the molecule is Cc1ccc(SCc2cc(F)ccc2F)nc1. The van der Waals surface area contributed by atoms with Crippen LogP contribution in [0.25, 0.3) is 0 Å². The molecule has 0 aliphatic carbocycles. The van der Waals surface area contributed by atoms with Crippen LogP contribution in [-0.2, 0) is 5.75 Å². The molecule has 1 nitrogen and oxygen atoms in total. The third-order valence-electron chi connectivity index (χ3n) is 2.27. The maximum absolute atomic E-state index is 13.3. The monoisotopic (exact) mass is 251 g/mol. The molecule has 0 saturated carbocycles. The van der Waals surface area contributed by atoms with Crippen molar-refractivity contribution in [2.75, 3.05) is 0 Å². The van der Waals surface area contributed by atoms with Gasteiger partial charge in [-0.1, -0.05) is 6.07 Å². The third-order valence-corrected chi connectivity index (χ3v) is 3.26. The van der Waals surface area contributed by atoms with Gasteiger partial charge < -0.3 is 0 Å². The minimum Gasteiger partial charge on any atom is -0.250 e. The fourth-order valence-electron chi connectivity index (χ4n) is 1.35. The van der Waals surface area contributed by atoms with Crippen LogP contribution >= 0.6 is 11.8 Å². The molecule has 0 N–H and O–H groups in total. The summed E-state index contributed by atoms with van der Waals surface area (Å²) in [6.07, 6.45) is 1.75. The molecule has 0 atom stereocenters. The molecule has 1 aromatic heterocycles. The Kier molecular flexibility index (Phi) is 3.74. The molecule has 2 aromatic rings. The van der Waals surface area contributed by atoms with E-state index in [1.54, 1.807) is 6.20 Å². The summed E-state index contributed by atoms with van der Waals surface area (Å²) >= 11 is 1.39. The highest BCUT2D eigenvalue weighted by atomic mass is 32.2. The van der Waals surface area contributed by atoms with Gasteiger partial charge in [0.05, 0.1) is 5.03 Å². The maximum Gasteiger partial charge on any atom is 0.127 e. The molecular formula is C13H11F2NS. The minimum absolute atomic E-state index is 0.359. The standard InChI is InChI=1S/C13H11F2NS/c1-9-2-5-13(16-7-9)17-8-10-6-11(14)3-4-12(10)15/h2-7H,8H2,1H3. The topological polar surface area (TPSA) is 12.9 Å². The Bertz CT molecular complexity index is 511. The van der Waals surface area contributed by atoms with E-state index in [4.69, 9.17) is 0 Å². The zero-order valence-corrected chi connectivity index (χ0v) is 10.1. The second-order valence-corrected chi connectivity index (χ2v) is 4.69. The predicted octanol–water partition coefficient (Wildman–Crippen LogP) is 3.96. The third kappa shape index (κ3) is 3.27. The summed E-state index contributed by atoms with van der Waals surface area (Å²) in [7, 11) is 0. The average Bonchev–Trinajstić information content (AvgIpc) is 2.32. The van der Waals surface area contributed by atoms with Crippen molar-refractivity contribution in [3.05, 3.63) is 59.3 Å². The summed E-state index contributed by atoms with van der Waals surface area (Å²) in [5.41, 5.74) is 1.43. The van der Waals surface area contributed by atoms with Crippen molar-refractivity contribution in [2.45, 2.75) is 17.7 Å². The Morgan fingerprint density at radius 1 is 1.18 bits per heavy atom. The second kappa shape index (κ2) is 5.27. The lowest BCUT2D eigenvalue weighted by Gasteiger charge is -2.03. The molecule has 0 fully saturated rings. The number of aryl methyl sites for hydroxylation is 1. The van der Waals surface area contributed by atoms with E-state index < -0.39 is 5.82 Å². The highest BCUT2D eigenvalue weighted by molar-refractivity contribution is 7.98. The molecule has 1 heterocycles. The van der Waals surface area contributed by atoms with Crippen molar-refractivity contribution in [3.63, 3.8) is 0 Å². The van der Waals surface area contributed by atoms with Crippen LogP contribution in [0.5, 0.6) is 0 Å². The normalized spacial score (nSPS) is 10.5. The summed E-state index contributed by atoms with van der Waals surface area (Å²) in [4.78, 5) is 4.19. The van der Waals surface area contributed by atoms with Crippen molar-refractivity contribution in [1.29, 1.82) is 0 Å². The molecule has 0 bridgehead atoms. The van der Waals surface area contributed by atoms with Crippen LogP contribution in [0.1, 0.15) is 11.1 Å². The molecule has 4 heteroatoms. The lowest BCUT2D eigenvalue weighted by molar-refractivity contribution is 0.591. The molecular weight excluding hydrogens is 240 g/mol. The summed E-state index contributed by atoms with van der Waals surface area (Å²) in [6.45, 7) is 1.95. The number of halogens is 2. The number of benzene rings is 1. The Balaban J connectivity index is 2.07. The van der Waals surface area contributed by atoms with Crippen LogP contribution in [0.2, 0.25) is 0 Å². The zero-order chi connectivity index (χ0) is 12.3. The van der Waals surface area contributed by atoms with Crippen molar-refractivity contribution in [1.82, 2.24) is 4.98 Å². The number of pyridine rings is 1.